The summed E-state index contributed by atoms with van der Waals surface area (Å²) < 4.78 is 5.67. The largest absolute Gasteiger partial charge is 0.394 e. The first-order chi connectivity index (χ1) is 9.28. The molecule has 1 aromatic carbocycles. The van der Waals surface area contributed by atoms with Gasteiger partial charge in [0.1, 0.15) is 6.10 Å². The topological polar surface area (TPSA) is 49.7 Å². The first kappa shape index (κ1) is 12.8. The van der Waals surface area contributed by atoms with Crippen LogP contribution >= 0.6 is 11.3 Å². The van der Waals surface area contributed by atoms with Crippen molar-refractivity contribution in [3.63, 3.8) is 0 Å². The van der Waals surface area contributed by atoms with E-state index < -0.39 is 12.2 Å². The Morgan fingerprint density at radius 2 is 1.95 bits per heavy atom. The van der Waals surface area contributed by atoms with Crippen molar-refractivity contribution in [2.75, 3.05) is 6.61 Å². The summed E-state index contributed by atoms with van der Waals surface area (Å²) in [5.74, 6) is 0. The van der Waals surface area contributed by atoms with Crippen LogP contribution in [0.25, 0.3) is 10.4 Å². The summed E-state index contributed by atoms with van der Waals surface area (Å²) in [5.41, 5.74) is 1.19. The molecule has 3 atom stereocenters. The lowest BCUT2D eigenvalue weighted by molar-refractivity contribution is -0.0216. The molecular weight excluding hydrogens is 260 g/mol. The number of benzene rings is 1. The summed E-state index contributed by atoms with van der Waals surface area (Å²) in [6.45, 7) is -0.130. The van der Waals surface area contributed by atoms with E-state index in [-0.39, 0.29) is 12.7 Å². The van der Waals surface area contributed by atoms with Crippen molar-refractivity contribution >= 4 is 11.3 Å². The normalized spacial score (nSPS) is 26.7. The SMILES string of the molecule is OC[C@H]1O[C@@H](c2ccc(-c3ccccc3)s2)C[C@@H]1O. The Labute approximate surface area is 116 Å². The molecule has 0 amide bonds. The van der Waals surface area contributed by atoms with Crippen molar-refractivity contribution in [3.8, 4) is 10.4 Å². The molecule has 1 aromatic heterocycles. The van der Waals surface area contributed by atoms with Gasteiger partial charge in [0.05, 0.1) is 18.8 Å². The molecule has 2 N–H and O–H groups in total. The highest BCUT2D eigenvalue weighted by atomic mass is 32.1. The molecule has 19 heavy (non-hydrogen) atoms. The summed E-state index contributed by atoms with van der Waals surface area (Å²) in [7, 11) is 0. The first-order valence-electron chi connectivity index (χ1n) is 6.37. The molecule has 4 heteroatoms. The predicted molar refractivity (Wildman–Crippen MR) is 75.1 cm³/mol. The minimum atomic E-state index is -0.572. The van der Waals surface area contributed by atoms with Crippen LogP contribution in [0.5, 0.6) is 0 Å². The fourth-order valence-corrected chi connectivity index (χ4v) is 3.42. The fraction of sp³-hybridized carbons (Fsp3) is 0.333. The summed E-state index contributed by atoms with van der Waals surface area (Å²) >= 11 is 1.68. The molecule has 3 nitrogen and oxygen atoms in total. The number of thiophene rings is 1. The van der Waals surface area contributed by atoms with Gasteiger partial charge in [-0.2, -0.15) is 0 Å². The summed E-state index contributed by atoms with van der Waals surface area (Å²) in [4.78, 5) is 2.30. The Balaban J connectivity index is 1.79. The molecular formula is C15H16O3S. The van der Waals surface area contributed by atoms with Gasteiger partial charge in [-0.25, -0.2) is 0 Å². The molecule has 0 radical (unpaired) electrons. The highest BCUT2D eigenvalue weighted by molar-refractivity contribution is 7.15. The minimum absolute atomic E-state index is 0.102. The molecule has 0 aliphatic carbocycles. The lowest BCUT2D eigenvalue weighted by Gasteiger charge is -2.10. The molecule has 100 valence electrons. The van der Waals surface area contributed by atoms with E-state index in [0.29, 0.717) is 6.42 Å². The van der Waals surface area contributed by atoms with Gasteiger partial charge in [-0.3, -0.25) is 0 Å². The zero-order chi connectivity index (χ0) is 13.2. The second kappa shape index (κ2) is 5.43. The van der Waals surface area contributed by atoms with Crippen molar-refractivity contribution in [3.05, 3.63) is 47.3 Å². The van der Waals surface area contributed by atoms with Crippen LogP contribution in [0.15, 0.2) is 42.5 Å². The number of aliphatic hydroxyl groups is 2. The summed E-state index contributed by atoms with van der Waals surface area (Å²) in [6.07, 6.45) is -0.570. The van der Waals surface area contributed by atoms with Crippen molar-refractivity contribution in [1.29, 1.82) is 0 Å². The first-order valence-corrected chi connectivity index (χ1v) is 7.19. The Morgan fingerprint density at radius 1 is 1.16 bits per heavy atom. The van der Waals surface area contributed by atoms with E-state index in [2.05, 4.69) is 18.2 Å². The molecule has 1 saturated heterocycles. The van der Waals surface area contributed by atoms with Crippen LogP contribution in [0.3, 0.4) is 0 Å². The van der Waals surface area contributed by atoms with E-state index in [0.717, 1.165) is 4.88 Å². The van der Waals surface area contributed by atoms with Crippen LogP contribution in [0.2, 0.25) is 0 Å². The van der Waals surface area contributed by atoms with Crippen LogP contribution in [0, 0.1) is 0 Å². The number of ether oxygens (including phenoxy) is 1. The standard InChI is InChI=1S/C15H16O3S/c16-9-13-11(17)8-12(18-13)15-7-6-14(19-15)10-4-2-1-3-5-10/h1-7,11-13,16-17H,8-9H2/t11-,12+,13+/m0/s1. The molecule has 0 unspecified atom stereocenters. The van der Waals surface area contributed by atoms with E-state index in [9.17, 15) is 5.11 Å². The maximum Gasteiger partial charge on any atom is 0.107 e. The lowest BCUT2D eigenvalue weighted by Crippen LogP contribution is -2.24. The van der Waals surface area contributed by atoms with E-state index in [1.54, 1.807) is 11.3 Å². The molecule has 0 saturated carbocycles. The third-order valence-electron chi connectivity index (χ3n) is 3.41. The minimum Gasteiger partial charge on any atom is -0.394 e. The zero-order valence-electron chi connectivity index (χ0n) is 10.4. The highest BCUT2D eigenvalue weighted by Gasteiger charge is 2.34. The second-order valence-electron chi connectivity index (χ2n) is 4.72. The van der Waals surface area contributed by atoms with Crippen LogP contribution in [-0.2, 0) is 4.74 Å². The monoisotopic (exact) mass is 276 g/mol. The van der Waals surface area contributed by atoms with Gasteiger partial charge in [0.15, 0.2) is 0 Å². The molecule has 1 aliphatic heterocycles. The van der Waals surface area contributed by atoms with Crippen LogP contribution < -0.4 is 0 Å². The van der Waals surface area contributed by atoms with Gasteiger partial charge >= 0.3 is 0 Å². The Kier molecular flexibility index (Phi) is 3.66. The van der Waals surface area contributed by atoms with E-state index >= 15 is 0 Å². The van der Waals surface area contributed by atoms with Gasteiger partial charge in [0.25, 0.3) is 0 Å². The zero-order valence-corrected chi connectivity index (χ0v) is 11.2. The number of aliphatic hydroxyl groups excluding tert-OH is 2. The van der Waals surface area contributed by atoms with E-state index in [1.165, 1.54) is 10.4 Å². The second-order valence-corrected chi connectivity index (χ2v) is 5.83. The van der Waals surface area contributed by atoms with Gasteiger partial charge in [-0.15, -0.1) is 11.3 Å². The van der Waals surface area contributed by atoms with Crippen molar-refractivity contribution in [2.45, 2.75) is 24.7 Å². The molecule has 1 aliphatic rings. The Hall–Kier alpha value is -1.20. The van der Waals surface area contributed by atoms with Crippen LogP contribution in [0.4, 0.5) is 0 Å². The van der Waals surface area contributed by atoms with Gasteiger partial charge in [0.2, 0.25) is 0 Å². The van der Waals surface area contributed by atoms with Gasteiger partial charge < -0.3 is 14.9 Å². The van der Waals surface area contributed by atoms with E-state index in [1.807, 2.05) is 24.3 Å². The van der Waals surface area contributed by atoms with Crippen LogP contribution in [-0.4, -0.2) is 29.0 Å². The molecule has 0 bridgehead atoms. The average Bonchev–Trinajstić information content (AvgIpc) is 3.06. The lowest BCUT2D eigenvalue weighted by atomic mass is 10.1. The molecule has 3 rings (SSSR count). The molecule has 1 fully saturated rings. The third kappa shape index (κ3) is 2.58. The van der Waals surface area contributed by atoms with Crippen LogP contribution in [0.1, 0.15) is 17.4 Å². The Morgan fingerprint density at radius 3 is 2.63 bits per heavy atom. The molecule has 2 aromatic rings. The predicted octanol–water partition coefficient (Wildman–Crippen LogP) is 2.60. The van der Waals surface area contributed by atoms with Crippen molar-refractivity contribution in [2.24, 2.45) is 0 Å². The molecule has 0 spiro atoms. The Bertz CT molecular complexity index is 537. The summed E-state index contributed by atoms with van der Waals surface area (Å²) in [6, 6.07) is 14.3. The van der Waals surface area contributed by atoms with Gasteiger partial charge in [-0.05, 0) is 17.7 Å². The maximum atomic E-state index is 9.76. The van der Waals surface area contributed by atoms with Crippen molar-refractivity contribution < 1.29 is 14.9 Å². The summed E-state index contributed by atoms with van der Waals surface area (Å²) in [5, 5.41) is 18.9. The fourth-order valence-electron chi connectivity index (χ4n) is 2.36. The number of hydrogen-bond acceptors (Lipinski definition) is 4. The van der Waals surface area contributed by atoms with Gasteiger partial charge in [-0.1, -0.05) is 30.3 Å². The number of hydrogen-bond donors (Lipinski definition) is 2. The highest BCUT2D eigenvalue weighted by Crippen LogP contribution is 2.39. The molecule has 2 heterocycles. The smallest absolute Gasteiger partial charge is 0.107 e. The number of rotatable bonds is 3. The maximum absolute atomic E-state index is 9.76. The van der Waals surface area contributed by atoms with Gasteiger partial charge in [0, 0.05) is 16.2 Å². The third-order valence-corrected chi connectivity index (χ3v) is 4.63. The quantitative estimate of drug-likeness (QED) is 0.906. The van der Waals surface area contributed by atoms with Crippen molar-refractivity contribution in [1.82, 2.24) is 0 Å². The average molecular weight is 276 g/mol. The van der Waals surface area contributed by atoms with E-state index in [4.69, 9.17) is 9.84 Å².